The van der Waals surface area contributed by atoms with Crippen LogP contribution >= 0.6 is 69.6 Å². The second-order valence-electron chi connectivity index (χ2n) is 4.12. The van der Waals surface area contributed by atoms with Gasteiger partial charge in [-0.2, -0.15) is 0 Å². The van der Waals surface area contributed by atoms with E-state index >= 15 is 0 Å². The third kappa shape index (κ3) is 2.58. The zero-order chi connectivity index (χ0) is 15.9. The van der Waals surface area contributed by atoms with E-state index in [1.165, 1.54) is 0 Å². The first-order chi connectivity index (χ1) is 9.83. The summed E-state index contributed by atoms with van der Waals surface area (Å²) in [6.45, 7) is 4.22. The Bertz CT molecular complexity index is 620. The molecule has 0 aliphatic heterocycles. The Morgan fingerprint density at radius 1 is 0.762 bits per heavy atom. The van der Waals surface area contributed by atoms with E-state index in [9.17, 15) is 0 Å². The van der Waals surface area contributed by atoms with E-state index in [2.05, 4.69) is 0 Å². The predicted octanol–water partition coefficient (Wildman–Crippen LogP) is 6.69. The summed E-state index contributed by atoms with van der Waals surface area (Å²) >= 11 is 37.4. The molecule has 0 radical (unpaired) electrons. The molecular weight excluding hydrogens is 401 g/mol. The van der Waals surface area contributed by atoms with Gasteiger partial charge in [-0.05, 0) is 13.8 Å². The van der Waals surface area contributed by atoms with Gasteiger partial charge in [0.1, 0.15) is 5.03 Å². The third-order valence-electron chi connectivity index (χ3n) is 2.99. The van der Waals surface area contributed by atoms with Gasteiger partial charge in [-0.3, -0.25) is 0 Å². The molecule has 0 saturated carbocycles. The number of fused-ring (bicyclic) bond motifs is 1. The minimum atomic E-state index is -1.42. The molecule has 0 fully saturated rings. The van der Waals surface area contributed by atoms with E-state index in [1.54, 1.807) is 13.8 Å². The number of ether oxygens (including phenoxy) is 2. The predicted molar refractivity (Wildman–Crippen MR) is 90.0 cm³/mol. The smallest absolute Gasteiger partial charge is 0.236 e. The molecule has 0 aromatic heterocycles. The van der Waals surface area contributed by atoms with Crippen molar-refractivity contribution in [3.8, 4) is 0 Å². The highest BCUT2D eigenvalue weighted by atomic mass is 35.5. The first-order valence-corrected chi connectivity index (χ1v) is 8.30. The van der Waals surface area contributed by atoms with Crippen LogP contribution in [0.2, 0.25) is 20.1 Å². The van der Waals surface area contributed by atoms with Crippen LogP contribution in [0, 0.1) is 0 Å². The largest absolute Gasteiger partial charge is 0.342 e. The second-order valence-corrected chi connectivity index (χ2v) is 6.38. The van der Waals surface area contributed by atoms with Crippen LogP contribution in [0.1, 0.15) is 25.0 Å². The van der Waals surface area contributed by atoms with Gasteiger partial charge in [-0.25, -0.2) is 0 Å². The lowest BCUT2D eigenvalue weighted by atomic mass is 10.1. The van der Waals surface area contributed by atoms with Crippen molar-refractivity contribution in [1.82, 2.24) is 0 Å². The van der Waals surface area contributed by atoms with Crippen molar-refractivity contribution in [2.24, 2.45) is 0 Å². The molecular formula is C13H10Cl6O2. The number of benzene rings is 1. The quantitative estimate of drug-likeness (QED) is 0.313. The van der Waals surface area contributed by atoms with Gasteiger partial charge < -0.3 is 9.47 Å². The van der Waals surface area contributed by atoms with Crippen LogP contribution in [0.25, 0.3) is 5.03 Å². The minimum Gasteiger partial charge on any atom is -0.342 e. The summed E-state index contributed by atoms with van der Waals surface area (Å²) in [6, 6.07) is 0. The summed E-state index contributed by atoms with van der Waals surface area (Å²) in [5.74, 6) is -1.42. The molecule has 1 aromatic carbocycles. The van der Waals surface area contributed by atoms with Crippen LogP contribution < -0.4 is 0 Å². The van der Waals surface area contributed by atoms with Crippen LogP contribution in [-0.4, -0.2) is 13.2 Å². The zero-order valence-electron chi connectivity index (χ0n) is 11.0. The van der Waals surface area contributed by atoms with Crippen LogP contribution in [0.15, 0.2) is 5.03 Å². The molecule has 1 aromatic rings. The van der Waals surface area contributed by atoms with E-state index in [0.717, 1.165) is 0 Å². The highest BCUT2D eigenvalue weighted by molar-refractivity contribution is 6.60. The van der Waals surface area contributed by atoms with Crippen molar-refractivity contribution in [1.29, 1.82) is 0 Å². The van der Waals surface area contributed by atoms with Crippen LogP contribution in [-0.2, 0) is 15.3 Å². The van der Waals surface area contributed by atoms with Crippen LogP contribution in [0.4, 0.5) is 0 Å². The third-order valence-corrected chi connectivity index (χ3v) is 5.71. The lowest BCUT2D eigenvalue weighted by Gasteiger charge is -2.31. The molecule has 21 heavy (non-hydrogen) atoms. The summed E-state index contributed by atoms with van der Waals surface area (Å²) in [7, 11) is 0. The summed E-state index contributed by atoms with van der Waals surface area (Å²) in [4.78, 5) is 0. The normalized spacial score (nSPS) is 16.6. The Hall–Kier alpha value is 0.620. The summed E-state index contributed by atoms with van der Waals surface area (Å²) in [5.41, 5.74) is 0.756. The van der Waals surface area contributed by atoms with E-state index < -0.39 is 5.79 Å². The summed E-state index contributed by atoms with van der Waals surface area (Å²) < 4.78 is 11.5. The van der Waals surface area contributed by atoms with Crippen molar-refractivity contribution >= 4 is 74.6 Å². The van der Waals surface area contributed by atoms with E-state index in [4.69, 9.17) is 79.1 Å². The highest BCUT2D eigenvalue weighted by Gasteiger charge is 2.50. The van der Waals surface area contributed by atoms with Crippen molar-refractivity contribution in [3.63, 3.8) is 0 Å². The fourth-order valence-electron chi connectivity index (χ4n) is 2.23. The lowest BCUT2D eigenvalue weighted by Crippen LogP contribution is -2.32. The van der Waals surface area contributed by atoms with Gasteiger partial charge >= 0.3 is 0 Å². The molecule has 0 atom stereocenters. The fourth-order valence-corrected chi connectivity index (χ4v) is 3.96. The maximum absolute atomic E-state index is 6.35. The lowest BCUT2D eigenvalue weighted by molar-refractivity contribution is -0.208. The van der Waals surface area contributed by atoms with Gasteiger partial charge in [-0.1, -0.05) is 69.6 Å². The van der Waals surface area contributed by atoms with Gasteiger partial charge in [0.2, 0.25) is 5.79 Å². The molecule has 116 valence electrons. The Balaban J connectivity index is 2.88. The molecule has 2 rings (SSSR count). The molecule has 0 amide bonds. The maximum atomic E-state index is 6.35. The minimum absolute atomic E-state index is 0.0988. The maximum Gasteiger partial charge on any atom is 0.236 e. The first kappa shape index (κ1) is 18.0. The summed E-state index contributed by atoms with van der Waals surface area (Å²) in [6.07, 6.45) is 0. The van der Waals surface area contributed by atoms with Gasteiger partial charge in [-0.15, -0.1) is 0 Å². The molecule has 1 aliphatic carbocycles. The number of hydrogen-bond donors (Lipinski definition) is 0. The average Bonchev–Trinajstić information content (AvgIpc) is 2.66. The molecule has 0 saturated heterocycles. The highest BCUT2D eigenvalue weighted by Crippen LogP contribution is 2.58. The standard InChI is InChI=1S/C13H10Cl6O2/c1-3-20-13(21-4-2)6-5(8(15)12(13)19)7(14)10(17)11(18)9(6)16/h3-4H2,1-2H3. The van der Waals surface area contributed by atoms with Gasteiger partial charge in [0.25, 0.3) is 0 Å². The molecule has 8 heteroatoms. The monoisotopic (exact) mass is 408 g/mol. The molecule has 0 bridgehead atoms. The molecule has 0 spiro atoms. The number of halogens is 6. The topological polar surface area (TPSA) is 18.5 Å². The van der Waals surface area contributed by atoms with E-state index in [1.807, 2.05) is 0 Å². The average molecular weight is 411 g/mol. The fraction of sp³-hybridized carbons (Fsp3) is 0.385. The van der Waals surface area contributed by atoms with Crippen LogP contribution in [0.5, 0.6) is 0 Å². The first-order valence-electron chi connectivity index (χ1n) is 6.03. The molecule has 0 unspecified atom stereocenters. The molecule has 1 aliphatic rings. The van der Waals surface area contributed by atoms with Crippen LogP contribution in [0.3, 0.4) is 0 Å². The Morgan fingerprint density at radius 3 is 1.71 bits per heavy atom. The Labute approximate surface area is 152 Å². The molecule has 0 N–H and O–H groups in total. The molecule has 0 heterocycles. The second kappa shape index (κ2) is 6.62. The Kier molecular flexibility index (Phi) is 5.67. The molecule has 2 nitrogen and oxygen atoms in total. The van der Waals surface area contributed by atoms with E-state index in [0.29, 0.717) is 24.3 Å². The van der Waals surface area contributed by atoms with Crippen molar-refractivity contribution in [2.45, 2.75) is 19.6 Å². The summed E-state index contributed by atoms with van der Waals surface area (Å²) in [5, 5.41) is 0.835. The van der Waals surface area contributed by atoms with Crippen molar-refractivity contribution < 1.29 is 9.47 Å². The SMILES string of the molecule is CCOC1(OCC)C(Cl)=C(Cl)c2c(Cl)c(Cl)c(Cl)c(Cl)c21. The Morgan fingerprint density at radius 2 is 1.24 bits per heavy atom. The van der Waals surface area contributed by atoms with E-state index in [-0.39, 0.29) is 30.2 Å². The van der Waals surface area contributed by atoms with Crippen molar-refractivity contribution in [3.05, 3.63) is 36.2 Å². The zero-order valence-corrected chi connectivity index (χ0v) is 15.5. The van der Waals surface area contributed by atoms with Gasteiger partial charge in [0.05, 0.1) is 25.1 Å². The number of hydrogen-bond acceptors (Lipinski definition) is 2. The van der Waals surface area contributed by atoms with Gasteiger partial charge in [0.15, 0.2) is 0 Å². The van der Waals surface area contributed by atoms with Crippen molar-refractivity contribution in [2.75, 3.05) is 13.2 Å². The number of rotatable bonds is 4. The van der Waals surface area contributed by atoms with Gasteiger partial charge in [0, 0.05) is 24.3 Å².